The molecule has 32 heavy (non-hydrogen) atoms. The fourth-order valence-electron chi connectivity index (χ4n) is 4.66. The Morgan fingerprint density at radius 2 is 1.72 bits per heavy atom. The van der Waals surface area contributed by atoms with Crippen molar-refractivity contribution in [1.82, 2.24) is 14.8 Å². The highest BCUT2D eigenvalue weighted by Crippen LogP contribution is 2.38. The normalized spacial score (nSPS) is 15.8. The zero-order valence-electron chi connectivity index (χ0n) is 18.2. The maximum Gasteiger partial charge on any atom is 0.290 e. The Bertz CT molecular complexity index is 1360. The van der Waals surface area contributed by atoms with Gasteiger partial charge in [0, 0.05) is 30.9 Å². The minimum Gasteiger partial charge on any atom is -0.450 e. The molecule has 0 radical (unpaired) electrons. The van der Waals surface area contributed by atoms with Crippen LogP contribution in [0.2, 0.25) is 0 Å². The van der Waals surface area contributed by atoms with Crippen LogP contribution in [0.3, 0.4) is 0 Å². The number of carbonyl (C=O) groups excluding carboxylic acids is 1. The number of aromatic nitrogens is 1. The van der Waals surface area contributed by atoms with Gasteiger partial charge in [-0.1, -0.05) is 44.2 Å². The number of rotatable bonds is 6. The first-order valence-corrected chi connectivity index (χ1v) is 11.1. The number of fused-ring (bicyclic) bond motifs is 4. The van der Waals surface area contributed by atoms with Crippen molar-refractivity contribution in [3.05, 3.63) is 88.0 Å². The Hall–Kier alpha value is -3.51. The summed E-state index contributed by atoms with van der Waals surface area (Å²) in [6.07, 6.45) is 3.38. The van der Waals surface area contributed by atoms with E-state index in [2.05, 4.69) is 23.7 Å². The second-order valence-corrected chi connectivity index (χ2v) is 8.05. The molecule has 0 bridgehead atoms. The van der Waals surface area contributed by atoms with Crippen LogP contribution in [-0.4, -0.2) is 46.9 Å². The number of likely N-dealkylation sites (N-methyl/N-ethyl adjacent to an activating group) is 1. The van der Waals surface area contributed by atoms with Crippen molar-refractivity contribution < 1.29 is 9.21 Å². The predicted octanol–water partition coefficient (Wildman–Crippen LogP) is 4.23. The molecule has 2 aromatic carbocycles. The van der Waals surface area contributed by atoms with E-state index in [9.17, 15) is 9.59 Å². The molecule has 0 fully saturated rings. The number of hydrogen-bond donors (Lipinski definition) is 0. The Kier molecular flexibility index (Phi) is 5.23. The van der Waals surface area contributed by atoms with E-state index in [0.29, 0.717) is 23.1 Å². The van der Waals surface area contributed by atoms with Crippen molar-refractivity contribution in [2.45, 2.75) is 19.9 Å². The lowest BCUT2D eigenvalue weighted by molar-refractivity contribution is 0.0708. The molecule has 3 heterocycles. The monoisotopic (exact) mass is 427 g/mol. The molecule has 1 aliphatic rings. The second-order valence-electron chi connectivity index (χ2n) is 8.05. The largest absolute Gasteiger partial charge is 0.450 e. The van der Waals surface area contributed by atoms with Crippen LogP contribution in [-0.2, 0) is 0 Å². The van der Waals surface area contributed by atoms with Crippen LogP contribution in [0.4, 0.5) is 0 Å². The standard InChI is InChI=1S/C26H25N3O3/c1-3-28(4-2)15-16-29-22(18-11-13-27-14-12-18)21-23(30)20-10-9-17-7-5-6-8-19(17)24(20)32-25(21)26(29)31/h5-14,22H,3-4,15-16H2,1-2H3. The van der Waals surface area contributed by atoms with Gasteiger partial charge in [-0.3, -0.25) is 14.6 Å². The predicted molar refractivity (Wildman–Crippen MR) is 125 cm³/mol. The molecule has 1 unspecified atom stereocenters. The van der Waals surface area contributed by atoms with E-state index >= 15 is 0 Å². The van der Waals surface area contributed by atoms with E-state index in [1.165, 1.54) is 0 Å². The zero-order valence-corrected chi connectivity index (χ0v) is 18.2. The first-order chi connectivity index (χ1) is 15.6. The van der Waals surface area contributed by atoms with Crippen LogP contribution in [0.15, 0.2) is 70.1 Å². The third-order valence-electron chi connectivity index (χ3n) is 6.43. The Morgan fingerprint density at radius 1 is 0.969 bits per heavy atom. The molecule has 1 aliphatic heterocycles. The number of hydrogen-bond acceptors (Lipinski definition) is 5. The van der Waals surface area contributed by atoms with Crippen molar-refractivity contribution in [3.8, 4) is 0 Å². The van der Waals surface area contributed by atoms with Gasteiger partial charge < -0.3 is 14.2 Å². The van der Waals surface area contributed by atoms with Gasteiger partial charge in [0.25, 0.3) is 5.91 Å². The molecule has 0 N–H and O–H groups in total. The summed E-state index contributed by atoms with van der Waals surface area (Å²) in [6, 6.07) is 14.7. The van der Waals surface area contributed by atoms with Gasteiger partial charge in [0.1, 0.15) is 5.58 Å². The van der Waals surface area contributed by atoms with E-state index in [-0.39, 0.29) is 17.1 Å². The summed E-state index contributed by atoms with van der Waals surface area (Å²) >= 11 is 0. The van der Waals surface area contributed by atoms with Gasteiger partial charge in [0.15, 0.2) is 5.43 Å². The van der Waals surface area contributed by atoms with Crippen molar-refractivity contribution >= 4 is 27.6 Å². The lowest BCUT2D eigenvalue weighted by atomic mass is 9.98. The summed E-state index contributed by atoms with van der Waals surface area (Å²) in [4.78, 5) is 35.4. The highest BCUT2D eigenvalue weighted by molar-refractivity contribution is 6.06. The average Bonchev–Trinajstić information content (AvgIpc) is 3.12. The van der Waals surface area contributed by atoms with Crippen LogP contribution in [0.1, 0.15) is 41.6 Å². The van der Waals surface area contributed by atoms with Crippen LogP contribution >= 0.6 is 0 Å². The fraction of sp³-hybridized carbons (Fsp3) is 0.269. The van der Waals surface area contributed by atoms with Gasteiger partial charge in [0.05, 0.1) is 17.0 Å². The molecule has 1 amide bonds. The molecule has 2 aromatic heterocycles. The summed E-state index contributed by atoms with van der Waals surface area (Å²) in [6.45, 7) is 7.25. The van der Waals surface area contributed by atoms with Crippen LogP contribution in [0.5, 0.6) is 0 Å². The summed E-state index contributed by atoms with van der Waals surface area (Å²) in [5.41, 5.74) is 1.61. The Labute approximate surface area is 186 Å². The molecular formula is C26H25N3O3. The first-order valence-electron chi connectivity index (χ1n) is 11.1. The van der Waals surface area contributed by atoms with E-state index in [4.69, 9.17) is 4.42 Å². The smallest absolute Gasteiger partial charge is 0.290 e. The van der Waals surface area contributed by atoms with Crippen molar-refractivity contribution in [1.29, 1.82) is 0 Å². The molecule has 0 aliphatic carbocycles. The Balaban J connectivity index is 1.71. The van der Waals surface area contributed by atoms with Crippen LogP contribution in [0.25, 0.3) is 21.7 Å². The molecule has 5 rings (SSSR count). The maximum absolute atomic E-state index is 13.7. The highest BCUT2D eigenvalue weighted by Gasteiger charge is 2.42. The van der Waals surface area contributed by atoms with E-state index in [1.54, 1.807) is 23.4 Å². The third kappa shape index (κ3) is 3.19. The maximum atomic E-state index is 13.7. The molecular weight excluding hydrogens is 402 g/mol. The minimum absolute atomic E-state index is 0.146. The molecule has 1 atom stereocenters. The topological polar surface area (TPSA) is 66.7 Å². The van der Waals surface area contributed by atoms with Gasteiger partial charge in [-0.15, -0.1) is 0 Å². The first kappa shape index (κ1) is 20.4. The summed E-state index contributed by atoms with van der Waals surface area (Å²) < 4.78 is 6.23. The lowest BCUT2D eigenvalue weighted by Crippen LogP contribution is -2.37. The second kappa shape index (κ2) is 8.20. The Morgan fingerprint density at radius 3 is 2.47 bits per heavy atom. The zero-order chi connectivity index (χ0) is 22.2. The van der Waals surface area contributed by atoms with Crippen molar-refractivity contribution in [2.24, 2.45) is 0 Å². The highest BCUT2D eigenvalue weighted by atomic mass is 16.3. The van der Waals surface area contributed by atoms with E-state index in [0.717, 1.165) is 36.0 Å². The number of pyridine rings is 1. The molecule has 162 valence electrons. The van der Waals surface area contributed by atoms with Crippen LogP contribution in [0, 0.1) is 0 Å². The minimum atomic E-state index is -0.483. The summed E-state index contributed by atoms with van der Waals surface area (Å²) in [5.74, 6) is -0.0823. The average molecular weight is 428 g/mol. The molecule has 0 spiro atoms. The number of amides is 1. The SMILES string of the molecule is CCN(CC)CCN1C(=O)c2oc3c(ccc4ccccc43)c(=O)c2C1c1ccncc1. The quantitative estimate of drug-likeness (QED) is 0.431. The van der Waals surface area contributed by atoms with Gasteiger partial charge >= 0.3 is 0 Å². The lowest BCUT2D eigenvalue weighted by Gasteiger charge is -2.28. The molecule has 0 saturated carbocycles. The molecule has 4 aromatic rings. The van der Waals surface area contributed by atoms with Gasteiger partial charge in [-0.05, 0) is 42.2 Å². The number of nitrogens with zero attached hydrogens (tertiary/aromatic N) is 3. The summed E-state index contributed by atoms with van der Waals surface area (Å²) in [5, 5.41) is 2.30. The van der Waals surface area contributed by atoms with Crippen molar-refractivity contribution in [3.63, 3.8) is 0 Å². The molecule has 6 heteroatoms. The molecule has 0 saturated heterocycles. The van der Waals surface area contributed by atoms with Crippen molar-refractivity contribution in [2.75, 3.05) is 26.2 Å². The molecule has 6 nitrogen and oxygen atoms in total. The van der Waals surface area contributed by atoms with Crippen LogP contribution < -0.4 is 5.43 Å². The van der Waals surface area contributed by atoms with Gasteiger partial charge in [-0.2, -0.15) is 0 Å². The van der Waals surface area contributed by atoms with E-state index in [1.807, 2.05) is 42.5 Å². The fourth-order valence-corrected chi connectivity index (χ4v) is 4.66. The van der Waals surface area contributed by atoms with Gasteiger partial charge in [-0.25, -0.2) is 0 Å². The number of benzene rings is 2. The third-order valence-corrected chi connectivity index (χ3v) is 6.43. The van der Waals surface area contributed by atoms with E-state index < -0.39 is 6.04 Å². The van der Waals surface area contributed by atoms with Gasteiger partial charge in [0.2, 0.25) is 5.76 Å². The number of carbonyl (C=O) groups is 1. The summed E-state index contributed by atoms with van der Waals surface area (Å²) in [7, 11) is 0.